The van der Waals surface area contributed by atoms with Gasteiger partial charge in [0, 0.05) is 0 Å². The number of aliphatic hydroxyl groups is 4. The average molecular weight is 419 g/mol. The molecule has 6 nitrogen and oxygen atoms in total. The molecule has 2 aromatic rings. The molecule has 0 spiro atoms. The third kappa shape index (κ3) is 4.18. The van der Waals surface area contributed by atoms with E-state index in [1.165, 1.54) is 0 Å². The fraction of sp³-hybridized carbons (Fsp3) is 0.455. The number of rotatable bonds is 5. The van der Waals surface area contributed by atoms with Crippen LogP contribution in [0.4, 0.5) is 0 Å². The lowest BCUT2D eigenvalue weighted by Gasteiger charge is -2.45. The zero-order valence-corrected chi connectivity index (χ0v) is 18.0. The van der Waals surface area contributed by atoms with Crippen LogP contribution in [0.5, 0.6) is 0 Å². The first kappa shape index (κ1) is 22.1. The molecule has 0 bridgehead atoms. The van der Waals surface area contributed by atoms with Crippen LogP contribution < -0.4 is 10.4 Å². The van der Waals surface area contributed by atoms with E-state index in [9.17, 15) is 20.4 Å². The van der Waals surface area contributed by atoms with E-state index in [0.717, 1.165) is 10.4 Å². The van der Waals surface area contributed by atoms with Gasteiger partial charge in [-0.3, -0.25) is 0 Å². The lowest BCUT2D eigenvalue weighted by Crippen LogP contribution is -2.68. The summed E-state index contributed by atoms with van der Waals surface area (Å²) in [6.45, 7) is 6.36. The van der Waals surface area contributed by atoms with Gasteiger partial charge in [0.1, 0.15) is 24.4 Å². The van der Waals surface area contributed by atoms with E-state index in [2.05, 4.69) is 45.0 Å². The predicted molar refractivity (Wildman–Crippen MR) is 112 cm³/mol. The summed E-state index contributed by atoms with van der Waals surface area (Å²) in [7, 11) is -2.84. The highest BCUT2D eigenvalue weighted by molar-refractivity contribution is 6.99. The quantitative estimate of drug-likeness (QED) is 0.524. The maximum absolute atomic E-state index is 10.4. The van der Waals surface area contributed by atoms with Gasteiger partial charge in [-0.25, -0.2) is 0 Å². The Hall–Kier alpha value is -1.58. The van der Waals surface area contributed by atoms with E-state index in [1.54, 1.807) is 0 Å². The van der Waals surface area contributed by atoms with Crippen LogP contribution in [-0.4, -0.2) is 66.1 Å². The van der Waals surface area contributed by atoms with Gasteiger partial charge in [0.2, 0.25) is 0 Å². The number of benzene rings is 2. The lowest BCUT2D eigenvalue weighted by atomic mass is 10.00. The van der Waals surface area contributed by atoms with Crippen molar-refractivity contribution in [2.24, 2.45) is 0 Å². The Bertz CT molecular complexity index is 739. The van der Waals surface area contributed by atoms with Gasteiger partial charge in [0.15, 0.2) is 6.29 Å². The lowest BCUT2D eigenvalue weighted by molar-refractivity contribution is -0.285. The van der Waals surface area contributed by atoms with Crippen LogP contribution in [0.15, 0.2) is 60.7 Å². The SMILES string of the molecule is CC(C)(C)[Si](OC[C@H]1O[C@H](O)[C@H](O)[C@@H](O)[C@H]1O)(c1ccccc1)c1ccccc1. The number of ether oxygens (including phenoxy) is 1. The number of aliphatic hydroxyl groups excluding tert-OH is 4. The maximum atomic E-state index is 10.4. The zero-order valence-electron chi connectivity index (χ0n) is 17.0. The second-order valence-corrected chi connectivity index (χ2v) is 12.8. The smallest absolute Gasteiger partial charge is 0.261 e. The summed E-state index contributed by atoms with van der Waals surface area (Å²) in [4.78, 5) is 0. The van der Waals surface area contributed by atoms with Gasteiger partial charge in [-0.15, -0.1) is 0 Å². The van der Waals surface area contributed by atoms with Gasteiger partial charge in [-0.05, 0) is 15.4 Å². The molecule has 0 aromatic heterocycles. The summed E-state index contributed by atoms with van der Waals surface area (Å²) in [6, 6.07) is 20.0. The van der Waals surface area contributed by atoms with E-state index in [4.69, 9.17) is 9.16 Å². The molecule has 1 fully saturated rings. The van der Waals surface area contributed by atoms with Crippen molar-refractivity contribution in [2.75, 3.05) is 6.61 Å². The normalized spacial score (nSPS) is 28.3. The molecule has 1 aliphatic rings. The third-order valence-electron chi connectivity index (χ3n) is 5.57. The Labute approximate surface area is 172 Å². The van der Waals surface area contributed by atoms with Crippen molar-refractivity contribution < 1.29 is 29.6 Å². The summed E-state index contributed by atoms with van der Waals surface area (Å²) < 4.78 is 12.0. The van der Waals surface area contributed by atoms with Gasteiger partial charge in [0.25, 0.3) is 8.32 Å². The average Bonchev–Trinajstić information content (AvgIpc) is 2.71. The highest BCUT2D eigenvalue weighted by Crippen LogP contribution is 2.37. The summed E-state index contributed by atoms with van der Waals surface area (Å²) in [5.74, 6) is 0. The second kappa shape index (κ2) is 8.65. The minimum atomic E-state index is -2.84. The first-order valence-electron chi connectivity index (χ1n) is 9.81. The molecule has 1 saturated heterocycles. The molecule has 158 valence electrons. The highest BCUT2D eigenvalue weighted by atomic mass is 28.4. The van der Waals surface area contributed by atoms with E-state index < -0.39 is 39.0 Å². The molecule has 3 rings (SSSR count). The molecule has 1 aliphatic heterocycles. The minimum Gasteiger partial charge on any atom is -0.405 e. The van der Waals surface area contributed by atoms with E-state index >= 15 is 0 Å². The third-order valence-corrected chi connectivity index (χ3v) is 10.6. The van der Waals surface area contributed by atoms with Crippen molar-refractivity contribution in [1.29, 1.82) is 0 Å². The molecule has 7 heteroatoms. The molecule has 4 N–H and O–H groups in total. The van der Waals surface area contributed by atoms with Gasteiger partial charge in [-0.1, -0.05) is 81.4 Å². The first-order valence-corrected chi connectivity index (χ1v) is 11.7. The predicted octanol–water partition coefficient (Wildman–Crippen LogP) is 0.363. The van der Waals surface area contributed by atoms with Crippen molar-refractivity contribution in [3.8, 4) is 0 Å². The van der Waals surface area contributed by atoms with Gasteiger partial charge >= 0.3 is 0 Å². The van der Waals surface area contributed by atoms with Crippen LogP contribution in [0.25, 0.3) is 0 Å². The Morgan fingerprint density at radius 1 is 0.793 bits per heavy atom. The van der Waals surface area contributed by atoms with Gasteiger partial charge in [-0.2, -0.15) is 0 Å². The van der Waals surface area contributed by atoms with E-state index in [-0.39, 0.29) is 11.6 Å². The summed E-state index contributed by atoms with van der Waals surface area (Å²) >= 11 is 0. The van der Waals surface area contributed by atoms with Crippen molar-refractivity contribution in [3.63, 3.8) is 0 Å². The Kier molecular flexibility index (Phi) is 6.60. The van der Waals surface area contributed by atoms with Crippen molar-refractivity contribution in [1.82, 2.24) is 0 Å². The van der Waals surface area contributed by atoms with Crippen molar-refractivity contribution in [2.45, 2.75) is 56.5 Å². The molecule has 29 heavy (non-hydrogen) atoms. The molecule has 5 atom stereocenters. The Balaban J connectivity index is 2.00. The van der Waals surface area contributed by atoms with Crippen LogP contribution >= 0.6 is 0 Å². The van der Waals surface area contributed by atoms with Crippen molar-refractivity contribution in [3.05, 3.63) is 60.7 Å². The highest BCUT2D eigenvalue weighted by Gasteiger charge is 2.52. The zero-order chi connectivity index (χ0) is 21.2. The molecule has 0 radical (unpaired) electrons. The summed E-state index contributed by atoms with van der Waals surface area (Å²) in [5.41, 5.74) is 0. The molecule has 1 heterocycles. The van der Waals surface area contributed by atoms with Gasteiger partial charge < -0.3 is 29.6 Å². The fourth-order valence-electron chi connectivity index (χ4n) is 4.04. The number of hydrogen-bond donors (Lipinski definition) is 4. The molecule has 0 unspecified atom stereocenters. The van der Waals surface area contributed by atoms with Gasteiger partial charge in [0.05, 0.1) is 6.61 Å². The molecular weight excluding hydrogens is 388 g/mol. The van der Waals surface area contributed by atoms with E-state index in [1.807, 2.05) is 36.4 Å². The van der Waals surface area contributed by atoms with Crippen LogP contribution in [0.3, 0.4) is 0 Å². The topological polar surface area (TPSA) is 99.4 Å². The standard InChI is InChI=1S/C22H30O6Si/c1-22(2,3)29(15-10-6-4-7-11-15,16-12-8-5-9-13-16)27-14-17-18(23)19(24)20(25)21(26)28-17/h4-13,17-21,23-26H,14H2,1-3H3/t17-,18+,19+,20-,21+/m1/s1. The Morgan fingerprint density at radius 2 is 1.28 bits per heavy atom. The van der Waals surface area contributed by atoms with Crippen LogP contribution in [0, 0.1) is 0 Å². The molecular formula is C22H30O6Si. The molecule has 0 saturated carbocycles. The van der Waals surface area contributed by atoms with Crippen LogP contribution in [0.1, 0.15) is 20.8 Å². The first-order chi connectivity index (χ1) is 13.7. The van der Waals surface area contributed by atoms with Crippen LogP contribution in [0.2, 0.25) is 5.04 Å². The Morgan fingerprint density at radius 3 is 1.72 bits per heavy atom. The largest absolute Gasteiger partial charge is 0.405 e. The molecule has 0 amide bonds. The van der Waals surface area contributed by atoms with E-state index in [0.29, 0.717) is 0 Å². The second-order valence-electron chi connectivity index (χ2n) is 8.51. The van der Waals surface area contributed by atoms with Crippen LogP contribution in [-0.2, 0) is 9.16 Å². The minimum absolute atomic E-state index is 0.0325. The number of hydrogen-bond acceptors (Lipinski definition) is 6. The summed E-state index contributed by atoms with van der Waals surface area (Å²) in [6.07, 6.45) is -6.99. The monoisotopic (exact) mass is 418 g/mol. The van der Waals surface area contributed by atoms with Crippen molar-refractivity contribution >= 4 is 18.7 Å². The molecule has 2 aromatic carbocycles. The summed E-state index contributed by atoms with van der Waals surface area (Å²) in [5, 5.41) is 41.9. The fourth-order valence-corrected chi connectivity index (χ4v) is 8.61. The molecule has 0 aliphatic carbocycles. The maximum Gasteiger partial charge on any atom is 0.261 e.